The monoisotopic (exact) mass is 677 g/mol. The lowest BCUT2D eigenvalue weighted by atomic mass is 9.87. The number of ether oxygens (including phenoxy) is 1. The Morgan fingerprint density at radius 1 is 0.673 bits per heavy atom. The van der Waals surface area contributed by atoms with E-state index in [0.29, 0.717) is 5.69 Å². The quantitative estimate of drug-likeness (QED) is 0.152. The Kier molecular flexibility index (Phi) is 10.1. The normalized spacial score (nSPS) is 16.5. The average Bonchev–Trinajstić information content (AvgIpc) is 3.04. The van der Waals surface area contributed by atoms with E-state index in [9.17, 15) is 22.8 Å². The summed E-state index contributed by atoms with van der Waals surface area (Å²) in [5.74, 6) is -0.0384. The van der Waals surface area contributed by atoms with E-state index in [4.69, 9.17) is 4.74 Å². The third-order valence-electron chi connectivity index (χ3n) is 7.73. The molecule has 0 atom stereocenters. The number of fused-ring (bicyclic) bond motifs is 2. The van der Waals surface area contributed by atoms with Crippen LogP contribution in [0.4, 0.5) is 40.3 Å². The molecule has 0 saturated carbocycles. The number of carbonyl (C=O) groups is 2. The summed E-state index contributed by atoms with van der Waals surface area (Å²) in [5.41, 5.74) is 3.26. The predicted molar refractivity (Wildman–Crippen MR) is 178 cm³/mol. The van der Waals surface area contributed by atoms with Crippen LogP contribution in [0.1, 0.15) is 55.5 Å². The first-order valence-corrected chi connectivity index (χ1v) is 15.5. The zero-order valence-electron chi connectivity index (χ0n) is 27.5. The molecule has 1 aromatic heterocycles. The molecule has 12 nitrogen and oxygen atoms in total. The molecule has 0 saturated heterocycles. The van der Waals surface area contributed by atoms with E-state index < -0.39 is 29.9 Å². The van der Waals surface area contributed by atoms with Gasteiger partial charge in [-0.3, -0.25) is 0 Å². The molecule has 4 amide bonds. The van der Waals surface area contributed by atoms with Crippen LogP contribution in [0.15, 0.2) is 72.8 Å². The highest BCUT2D eigenvalue weighted by Gasteiger charge is 2.30. The van der Waals surface area contributed by atoms with Crippen molar-refractivity contribution in [3.63, 3.8) is 0 Å². The number of aromatic nitrogens is 3. The average molecular weight is 678 g/mol. The molecule has 15 heteroatoms. The van der Waals surface area contributed by atoms with Gasteiger partial charge in [-0.2, -0.15) is 28.1 Å². The summed E-state index contributed by atoms with van der Waals surface area (Å²) in [5, 5.41) is 17.7. The number of carbonyl (C=O) groups excluding carboxylic acids is 2. The molecule has 7 rings (SSSR count). The minimum Gasteiger partial charge on any atom is -0.454 e. The third-order valence-corrected chi connectivity index (χ3v) is 7.73. The van der Waals surface area contributed by atoms with Crippen LogP contribution in [0.2, 0.25) is 0 Å². The Morgan fingerprint density at radius 3 is 1.65 bits per heavy atom. The van der Waals surface area contributed by atoms with Crippen LogP contribution in [0.25, 0.3) is 0 Å². The number of nitrogens with one attached hydrogen (secondary N) is 6. The molecule has 0 spiro atoms. The zero-order chi connectivity index (χ0) is 35.2. The van der Waals surface area contributed by atoms with E-state index >= 15 is 0 Å². The number of alkyl halides is 3. The molecule has 3 aromatic carbocycles. The van der Waals surface area contributed by atoms with Crippen molar-refractivity contribution < 1.29 is 27.5 Å². The van der Waals surface area contributed by atoms with Crippen molar-refractivity contribution in [3.05, 3.63) is 101 Å². The summed E-state index contributed by atoms with van der Waals surface area (Å²) in [7, 11) is 0. The third kappa shape index (κ3) is 9.95. The Hall–Kier alpha value is -5.60. The van der Waals surface area contributed by atoms with Crippen LogP contribution in [0.3, 0.4) is 0 Å². The van der Waals surface area contributed by atoms with E-state index in [2.05, 4.69) is 46.9 Å². The number of rotatable bonds is 2. The summed E-state index contributed by atoms with van der Waals surface area (Å²) < 4.78 is 43.4. The maximum atomic E-state index is 12.9. The van der Waals surface area contributed by atoms with Crippen LogP contribution in [-0.2, 0) is 30.7 Å². The van der Waals surface area contributed by atoms with E-state index in [-0.39, 0.29) is 43.6 Å². The molecule has 3 aliphatic heterocycles. The van der Waals surface area contributed by atoms with E-state index in [1.165, 1.54) is 0 Å². The minimum absolute atomic E-state index is 0.00274. The van der Waals surface area contributed by atoms with Gasteiger partial charge in [0.25, 0.3) is 0 Å². The summed E-state index contributed by atoms with van der Waals surface area (Å²) in [6.45, 7) is 6.76. The molecule has 4 aromatic rings. The van der Waals surface area contributed by atoms with Gasteiger partial charge in [-0.05, 0) is 67.6 Å². The van der Waals surface area contributed by atoms with Crippen molar-refractivity contribution >= 4 is 29.6 Å². The summed E-state index contributed by atoms with van der Waals surface area (Å²) in [4.78, 5) is 38.1. The molecule has 258 valence electrons. The largest absolute Gasteiger partial charge is 0.454 e. The van der Waals surface area contributed by atoms with E-state index in [1.807, 2.05) is 76.2 Å². The summed E-state index contributed by atoms with van der Waals surface area (Å²) in [6, 6.07) is 20.9. The van der Waals surface area contributed by atoms with Gasteiger partial charge in [0.15, 0.2) is 6.61 Å². The molecular weight excluding hydrogens is 639 g/mol. The highest BCUT2D eigenvalue weighted by Crippen LogP contribution is 2.27. The number of amides is 4. The molecule has 0 radical (unpaired) electrons. The molecule has 8 bridgehead atoms. The fourth-order valence-electron chi connectivity index (χ4n) is 4.96. The summed E-state index contributed by atoms with van der Waals surface area (Å²) >= 11 is 0. The number of benzene rings is 3. The standard InChI is InChI=1S/C34H38F3N9O3/c1-32(2)24-6-5-7-25(16-24)33(3,4)46-30(48)40-19-23-12-14-26(15-13-23)41-28-42-27(43-31(44-28)49-20-34(35,36)37)38-17-21-8-10-22(11-9-21)18-39-29(47)45-32/h5-16H,17-20H2,1-4H3,(H2,39,45,47)(H2,40,46,48)(H2,38,41,42,43,44). The highest BCUT2D eigenvalue weighted by molar-refractivity contribution is 5.76. The Balaban J connectivity index is 1.40. The number of anilines is 3. The Morgan fingerprint density at radius 2 is 1.14 bits per heavy atom. The molecule has 49 heavy (non-hydrogen) atoms. The number of hydrogen-bond acceptors (Lipinski definition) is 8. The van der Waals surface area contributed by atoms with Crippen molar-refractivity contribution in [1.29, 1.82) is 0 Å². The van der Waals surface area contributed by atoms with Gasteiger partial charge in [-0.25, -0.2) is 9.59 Å². The highest BCUT2D eigenvalue weighted by atomic mass is 19.4. The van der Waals surface area contributed by atoms with Crippen molar-refractivity contribution in [2.75, 3.05) is 17.2 Å². The maximum absolute atomic E-state index is 12.9. The van der Waals surface area contributed by atoms with Crippen LogP contribution in [-0.4, -0.2) is 39.8 Å². The zero-order valence-corrected chi connectivity index (χ0v) is 27.5. The van der Waals surface area contributed by atoms with Crippen LogP contribution in [0.5, 0.6) is 6.01 Å². The fourth-order valence-corrected chi connectivity index (χ4v) is 4.96. The van der Waals surface area contributed by atoms with Gasteiger partial charge in [0.1, 0.15) is 0 Å². The topological polar surface area (TPSA) is 154 Å². The number of urea groups is 2. The second kappa shape index (κ2) is 14.3. The van der Waals surface area contributed by atoms with E-state index in [1.54, 1.807) is 24.3 Å². The summed E-state index contributed by atoms with van der Waals surface area (Å²) in [6.07, 6.45) is -4.58. The van der Waals surface area contributed by atoms with Gasteiger partial charge in [0, 0.05) is 25.3 Å². The molecule has 4 heterocycles. The number of hydrogen-bond donors (Lipinski definition) is 6. The Labute approximate surface area is 281 Å². The van der Waals surface area contributed by atoms with Gasteiger partial charge in [0.2, 0.25) is 11.9 Å². The fraction of sp³-hybridized carbons (Fsp3) is 0.324. The number of nitrogens with zero attached hydrogens (tertiary/aromatic N) is 3. The molecule has 0 fully saturated rings. The van der Waals surface area contributed by atoms with Gasteiger partial charge in [-0.1, -0.05) is 60.7 Å². The van der Waals surface area contributed by atoms with Crippen molar-refractivity contribution in [2.45, 2.75) is 64.6 Å². The van der Waals surface area contributed by atoms with Crippen LogP contribution >= 0.6 is 0 Å². The van der Waals surface area contributed by atoms with Crippen LogP contribution in [0, 0.1) is 0 Å². The molecule has 6 N–H and O–H groups in total. The number of halogens is 3. The molecule has 0 aliphatic carbocycles. The molecular formula is C34H38F3N9O3. The lowest BCUT2D eigenvalue weighted by molar-refractivity contribution is -0.154. The SMILES string of the molecule is CC1(C)NC(=O)NCc2ccc(cc2)CNc2nc(nc(OCC(F)(F)F)n2)Nc2ccc(cc2)CNC(=O)NC(C)(C)c2cccc1c2. The Bertz CT molecular complexity index is 1780. The predicted octanol–water partition coefficient (Wildman–Crippen LogP) is 5.95. The minimum atomic E-state index is -4.58. The van der Waals surface area contributed by atoms with E-state index in [0.717, 1.165) is 27.8 Å². The smallest absolute Gasteiger partial charge is 0.422 e. The first kappa shape index (κ1) is 34.7. The molecule has 0 unspecified atom stereocenters. The van der Waals surface area contributed by atoms with Gasteiger partial charge < -0.3 is 36.6 Å². The van der Waals surface area contributed by atoms with Gasteiger partial charge in [0.05, 0.1) is 11.1 Å². The van der Waals surface area contributed by atoms with Crippen molar-refractivity contribution in [2.24, 2.45) is 0 Å². The lowest BCUT2D eigenvalue weighted by Crippen LogP contribution is -2.47. The first-order chi connectivity index (χ1) is 23.1. The van der Waals surface area contributed by atoms with Crippen molar-refractivity contribution in [3.8, 4) is 6.01 Å². The van der Waals surface area contributed by atoms with Crippen molar-refractivity contribution in [1.82, 2.24) is 36.2 Å². The van der Waals surface area contributed by atoms with Crippen LogP contribution < -0.4 is 36.6 Å². The van der Waals surface area contributed by atoms with Gasteiger partial charge in [-0.15, -0.1) is 0 Å². The second-order valence-electron chi connectivity index (χ2n) is 12.6. The molecule has 3 aliphatic rings. The lowest BCUT2D eigenvalue weighted by Gasteiger charge is -2.31. The van der Waals surface area contributed by atoms with Gasteiger partial charge >= 0.3 is 24.2 Å². The maximum Gasteiger partial charge on any atom is 0.422 e. The first-order valence-electron chi connectivity index (χ1n) is 15.5. The second-order valence-corrected chi connectivity index (χ2v) is 12.6.